The van der Waals surface area contributed by atoms with Crippen LogP contribution in [0.3, 0.4) is 0 Å². The quantitative estimate of drug-likeness (QED) is 0.0388. The molecule has 0 aliphatic carbocycles. The average Bonchev–Trinajstić information content (AvgIpc) is 3.12. The van der Waals surface area contributed by atoms with Gasteiger partial charge in [0.2, 0.25) is 0 Å². The van der Waals surface area contributed by atoms with Crippen LogP contribution in [0.5, 0.6) is 0 Å². The van der Waals surface area contributed by atoms with Crippen LogP contribution in [0, 0.1) is 0 Å². The van der Waals surface area contributed by atoms with E-state index in [1.807, 2.05) is 0 Å². The fourth-order valence-corrected chi connectivity index (χ4v) is 6.55. The number of allylic oxidation sites excluding steroid dienone is 2. The van der Waals surface area contributed by atoms with E-state index in [2.05, 4.69) is 45.1 Å². The molecule has 0 aromatic rings. The highest BCUT2D eigenvalue weighted by Gasteiger charge is 2.13. The second kappa shape index (κ2) is 41.1. The third-order valence-corrected chi connectivity index (χ3v) is 9.97. The molecular formula is C46H86O5. The highest BCUT2D eigenvalue weighted by atomic mass is 16.5. The van der Waals surface area contributed by atoms with E-state index in [0.29, 0.717) is 19.4 Å². The molecule has 0 aromatic carbocycles. The van der Waals surface area contributed by atoms with Crippen LogP contribution in [-0.2, 0) is 19.1 Å². The van der Waals surface area contributed by atoms with Gasteiger partial charge in [-0.25, -0.2) is 0 Å². The number of hydrogen-bond donors (Lipinski definition) is 1. The van der Waals surface area contributed by atoms with Gasteiger partial charge in [-0.05, 0) is 70.6 Å². The summed E-state index contributed by atoms with van der Waals surface area (Å²) >= 11 is 0. The van der Waals surface area contributed by atoms with E-state index in [-0.39, 0.29) is 24.1 Å². The standard InChI is InChI=1S/C46H86O5/c1-4-7-10-13-14-23-28-35-42-50-45(48)40-33-26-21-18-16-20-25-32-39-44(38-31-12-9-6-3)51-46(49)41-34-27-22-17-15-19-24-30-37-43(47)36-29-11-8-5-2/h24-25,30,32,43-44,47H,4-23,26-29,31,33-42H2,1-3H3/b30-24-,32-25-. The molecule has 0 fully saturated rings. The van der Waals surface area contributed by atoms with Crippen LogP contribution in [0.15, 0.2) is 24.3 Å². The average molecular weight is 719 g/mol. The minimum absolute atomic E-state index is 0.00237. The fraction of sp³-hybridized carbons (Fsp3) is 0.870. The highest BCUT2D eigenvalue weighted by molar-refractivity contribution is 5.69. The van der Waals surface area contributed by atoms with Crippen molar-refractivity contribution in [3.8, 4) is 0 Å². The lowest BCUT2D eigenvalue weighted by Crippen LogP contribution is -2.17. The zero-order valence-corrected chi connectivity index (χ0v) is 34.3. The molecule has 5 nitrogen and oxygen atoms in total. The molecule has 0 spiro atoms. The summed E-state index contributed by atoms with van der Waals surface area (Å²) in [5.41, 5.74) is 0. The van der Waals surface area contributed by atoms with Gasteiger partial charge < -0.3 is 14.6 Å². The molecule has 0 saturated carbocycles. The summed E-state index contributed by atoms with van der Waals surface area (Å²) in [6.07, 6.45) is 46.2. The first kappa shape index (κ1) is 49.4. The van der Waals surface area contributed by atoms with Crippen LogP contribution in [0.1, 0.15) is 239 Å². The summed E-state index contributed by atoms with van der Waals surface area (Å²) in [5, 5.41) is 10.1. The van der Waals surface area contributed by atoms with Crippen molar-refractivity contribution in [3.63, 3.8) is 0 Å². The van der Waals surface area contributed by atoms with Gasteiger partial charge in [-0.1, -0.05) is 173 Å². The molecule has 1 N–H and O–H groups in total. The zero-order chi connectivity index (χ0) is 37.3. The Morgan fingerprint density at radius 2 is 0.902 bits per heavy atom. The molecule has 0 aliphatic heterocycles. The molecule has 0 bridgehead atoms. The largest absolute Gasteiger partial charge is 0.466 e. The Morgan fingerprint density at radius 3 is 1.47 bits per heavy atom. The minimum atomic E-state index is -0.185. The predicted octanol–water partition coefficient (Wildman–Crippen LogP) is 14.2. The normalized spacial score (nSPS) is 12.9. The minimum Gasteiger partial charge on any atom is -0.466 e. The molecule has 2 atom stereocenters. The number of esters is 2. The lowest BCUT2D eigenvalue weighted by molar-refractivity contribution is -0.149. The van der Waals surface area contributed by atoms with Gasteiger partial charge in [-0.15, -0.1) is 0 Å². The lowest BCUT2D eigenvalue weighted by atomic mass is 10.1. The molecule has 300 valence electrons. The van der Waals surface area contributed by atoms with Crippen molar-refractivity contribution in [2.75, 3.05) is 6.61 Å². The zero-order valence-electron chi connectivity index (χ0n) is 34.3. The number of aliphatic hydroxyl groups excluding tert-OH is 1. The first-order valence-corrected chi connectivity index (χ1v) is 22.4. The molecule has 0 heterocycles. The van der Waals surface area contributed by atoms with Crippen molar-refractivity contribution in [1.29, 1.82) is 0 Å². The molecule has 0 radical (unpaired) electrons. The van der Waals surface area contributed by atoms with Crippen LogP contribution < -0.4 is 0 Å². The first-order valence-electron chi connectivity index (χ1n) is 22.4. The van der Waals surface area contributed by atoms with E-state index in [1.54, 1.807) is 0 Å². The topological polar surface area (TPSA) is 72.8 Å². The highest BCUT2D eigenvalue weighted by Crippen LogP contribution is 2.16. The molecule has 0 rings (SSSR count). The van der Waals surface area contributed by atoms with Crippen molar-refractivity contribution in [2.45, 2.75) is 251 Å². The van der Waals surface area contributed by atoms with E-state index in [9.17, 15) is 14.7 Å². The maximum atomic E-state index is 12.6. The van der Waals surface area contributed by atoms with Gasteiger partial charge in [0.25, 0.3) is 0 Å². The number of aliphatic hydroxyl groups is 1. The Hall–Kier alpha value is -1.62. The van der Waals surface area contributed by atoms with E-state index in [1.165, 1.54) is 109 Å². The Bertz CT molecular complexity index is 791. The van der Waals surface area contributed by atoms with Crippen molar-refractivity contribution in [1.82, 2.24) is 0 Å². The number of unbranched alkanes of at least 4 members (excludes halogenated alkanes) is 23. The van der Waals surface area contributed by atoms with Gasteiger partial charge in [0.15, 0.2) is 0 Å². The molecule has 0 saturated heterocycles. The maximum absolute atomic E-state index is 12.6. The predicted molar refractivity (Wildman–Crippen MR) is 219 cm³/mol. The summed E-state index contributed by atoms with van der Waals surface area (Å²) in [6, 6.07) is 0. The number of carbonyl (C=O) groups is 2. The van der Waals surface area contributed by atoms with Gasteiger partial charge >= 0.3 is 11.9 Å². The second-order valence-corrected chi connectivity index (χ2v) is 15.2. The first-order chi connectivity index (χ1) is 25.0. The monoisotopic (exact) mass is 719 g/mol. The van der Waals surface area contributed by atoms with Crippen LogP contribution in [-0.4, -0.2) is 35.9 Å². The summed E-state index contributed by atoms with van der Waals surface area (Å²) in [6.45, 7) is 7.28. The van der Waals surface area contributed by atoms with E-state index >= 15 is 0 Å². The molecule has 2 unspecified atom stereocenters. The Kier molecular flexibility index (Phi) is 39.8. The van der Waals surface area contributed by atoms with E-state index in [4.69, 9.17) is 9.47 Å². The van der Waals surface area contributed by atoms with Gasteiger partial charge in [-0.3, -0.25) is 9.59 Å². The summed E-state index contributed by atoms with van der Waals surface area (Å²) in [4.78, 5) is 24.6. The summed E-state index contributed by atoms with van der Waals surface area (Å²) < 4.78 is 11.4. The fourth-order valence-electron chi connectivity index (χ4n) is 6.55. The van der Waals surface area contributed by atoms with Crippen molar-refractivity contribution in [2.24, 2.45) is 0 Å². The molecular weight excluding hydrogens is 633 g/mol. The van der Waals surface area contributed by atoms with Gasteiger partial charge in [0, 0.05) is 19.3 Å². The maximum Gasteiger partial charge on any atom is 0.306 e. The van der Waals surface area contributed by atoms with E-state index in [0.717, 1.165) is 96.3 Å². The van der Waals surface area contributed by atoms with Crippen LogP contribution in [0.25, 0.3) is 0 Å². The lowest BCUT2D eigenvalue weighted by Gasteiger charge is -2.16. The molecule has 0 aromatic heterocycles. The summed E-state index contributed by atoms with van der Waals surface area (Å²) in [5.74, 6) is -0.0565. The van der Waals surface area contributed by atoms with Crippen molar-refractivity contribution in [3.05, 3.63) is 24.3 Å². The second-order valence-electron chi connectivity index (χ2n) is 15.2. The SMILES string of the molecule is CCCCCCCCCCOC(=O)CCCCCCC/C=C\CC(CCCCCC)OC(=O)CCCCCCC/C=C\CC(O)CCCCCC. The van der Waals surface area contributed by atoms with Crippen LogP contribution in [0.4, 0.5) is 0 Å². The van der Waals surface area contributed by atoms with Gasteiger partial charge in [0.1, 0.15) is 6.10 Å². The van der Waals surface area contributed by atoms with Crippen LogP contribution >= 0.6 is 0 Å². The van der Waals surface area contributed by atoms with Gasteiger partial charge in [-0.2, -0.15) is 0 Å². The molecule has 5 heteroatoms. The molecule has 0 aliphatic rings. The van der Waals surface area contributed by atoms with Crippen LogP contribution in [0.2, 0.25) is 0 Å². The number of rotatable bonds is 40. The third kappa shape index (κ3) is 39.4. The smallest absolute Gasteiger partial charge is 0.306 e. The number of hydrogen-bond acceptors (Lipinski definition) is 5. The van der Waals surface area contributed by atoms with E-state index < -0.39 is 0 Å². The van der Waals surface area contributed by atoms with Gasteiger partial charge in [0.05, 0.1) is 12.7 Å². The molecule has 0 amide bonds. The Labute approximate surface area is 317 Å². The van der Waals surface area contributed by atoms with Crippen molar-refractivity contribution < 1.29 is 24.2 Å². The molecule has 51 heavy (non-hydrogen) atoms. The Balaban J connectivity index is 3.92. The Morgan fingerprint density at radius 1 is 0.471 bits per heavy atom. The third-order valence-electron chi connectivity index (χ3n) is 9.97. The number of ether oxygens (including phenoxy) is 2. The summed E-state index contributed by atoms with van der Waals surface area (Å²) in [7, 11) is 0. The van der Waals surface area contributed by atoms with Crippen molar-refractivity contribution >= 4 is 11.9 Å². The number of carbonyl (C=O) groups excluding carboxylic acids is 2.